The highest BCUT2D eigenvalue weighted by atomic mass is 16.3. The van der Waals surface area contributed by atoms with Gasteiger partial charge in [0.25, 0.3) is 0 Å². The quantitative estimate of drug-likeness (QED) is 0.666. The highest BCUT2D eigenvalue weighted by molar-refractivity contribution is 4.79. The number of rotatable bonds is 6. The first-order valence-corrected chi connectivity index (χ1v) is 5.71. The molecule has 14 heavy (non-hydrogen) atoms. The number of likely N-dealkylation sites (N-methyl/N-ethyl adjacent to an activating group) is 1. The summed E-state index contributed by atoms with van der Waals surface area (Å²) in [6.45, 7) is 5.70. The van der Waals surface area contributed by atoms with Crippen molar-refractivity contribution in [1.82, 2.24) is 10.2 Å². The molecule has 0 aromatic rings. The van der Waals surface area contributed by atoms with Crippen molar-refractivity contribution in [3.8, 4) is 0 Å². The monoisotopic (exact) mass is 200 g/mol. The Labute approximate surface area is 87.5 Å². The minimum atomic E-state index is -0.233. The molecule has 3 nitrogen and oxygen atoms in total. The third-order valence-electron chi connectivity index (χ3n) is 2.96. The first-order valence-electron chi connectivity index (χ1n) is 5.71. The largest absolute Gasteiger partial charge is 0.390 e. The van der Waals surface area contributed by atoms with Crippen LogP contribution >= 0.6 is 0 Å². The third kappa shape index (κ3) is 3.95. The fourth-order valence-corrected chi connectivity index (χ4v) is 1.75. The average Bonchev–Trinajstić information content (AvgIpc) is 1.97. The van der Waals surface area contributed by atoms with Crippen molar-refractivity contribution >= 4 is 0 Å². The topological polar surface area (TPSA) is 35.5 Å². The molecule has 0 aromatic carbocycles. The molecule has 0 spiro atoms. The lowest BCUT2D eigenvalue weighted by Gasteiger charge is -2.35. The van der Waals surface area contributed by atoms with Crippen LogP contribution < -0.4 is 5.32 Å². The van der Waals surface area contributed by atoms with E-state index in [1.54, 1.807) is 0 Å². The molecule has 1 fully saturated rings. The Balaban J connectivity index is 2.08. The van der Waals surface area contributed by atoms with E-state index in [1.807, 2.05) is 0 Å². The van der Waals surface area contributed by atoms with Crippen LogP contribution in [0.5, 0.6) is 0 Å². The molecule has 1 saturated carbocycles. The number of hydrogen-bond donors (Lipinski definition) is 2. The van der Waals surface area contributed by atoms with E-state index in [-0.39, 0.29) is 6.10 Å². The Morgan fingerprint density at radius 1 is 1.43 bits per heavy atom. The van der Waals surface area contributed by atoms with Gasteiger partial charge < -0.3 is 15.3 Å². The molecule has 1 atom stereocenters. The second-order valence-corrected chi connectivity index (χ2v) is 4.74. The summed E-state index contributed by atoms with van der Waals surface area (Å²) in [7, 11) is 2.11. The Hall–Kier alpha value is -0.120. The van der Waals surface area contributed by atoms with E-state index in [0.29, 0.717) is 12.6 Å². The van der Waals surface area contributed by atoms with Crippen LogP contribution in [0.25, 0.3) is 0 Å². The molecule has 0 saturated heterocycles. The Morgan fingerprint density at radius 2 is 2.07 bits per heavy atom. The summed E-state index contributed by atoms with van der Waals surface area (Å²) in [5, 5.41) is 13.0. The molecular formula is C11H24N2O. The molecule has 1 aliphatic carbocycles. The van der Waals surface area contributed by atoms with Crippen molar-refractivity contribution in [3.05, 3.63) is 0 Å². The average molecular weight is 200 g/mol. The van der Waals surface area contributed by atoms with Crippen molar-refractivity contribution in [1.29, 1.82) is 0 Å². The number of aliphatic hydroxyl groups excluding tert-OH is 1. The van der Waals surface area contributed by atoms with E-state index >= 15 is 0 Å². The number of aliphatic hydroxyl groups is 1. The number of nitrogens with zero attached hydrogens (tertiary/aromatic N) is 1. The number of nitrogens with one attached hydrogen (secondary N) is 1. The zero-order valence-electron chi connectivity index (χ0n) is 9.66. The zero-order chi connectivity index (χ0) is 10.6. The minimum absolute atomic E-state index is 0.233. The van der Waals surface area contributed by atoms with Gasteiger partial charge in [0.2, 0.25) is 0 Å². The third-order valence-corrected chi connectivity index (χ3v) is 2.96. The maximum Gasteiger partial charge on any atom is 0.0791 e. The van der Waals surface area contributed by atoms with E-state index in [2.05, 4.69) is 31.1 Å². The highest BCUT2D eigenvalue weighted by Gasteiger charge is 2.23. The van der Waals surface area contributed by atoms with Gasteiger partial charge in [-0.05, 0) is 19.9 Å². The fraction of sp³-hybridized carbons (Fsp3) is 1.00. The molecule has 0 amide bonds. The predicted octanol–water partition coefficient (Wildman–Crippen LogP) is 0.830. The second kappa shape index (κ2) is 5.69. The highest BCUT2D eigenvalue weighted by Crippen LogP contribution is 2.23. The molecule has 0 aromatic heterocycles. The van der Waals surface area contributed by atoms with Crippen LogP contribution in [0.3, 0.4) is 0 Å². The molecule has 0 radical (unpaired) electrons. The second-order valence-electron chi connectivity index (χ2n) is 4.74. The van der Waals surface area contributed by atoms with Gasteiger partial charge in [-0.25, -0.2) is 0 Å². The Kier molecular flexibility index (Phi) is 4.85. The van der Waals surface area contributed by atoms with Crippen LogP contribution in [0.2, 0.25) is 0 Å². The van der Waals surface area contributed by atoms with Crippen LogP contribution in [0.1, 0.15) is 33.1 Å². The molecule has 1 unspecified atom stereocenters. The van der Waals surface area contributed by atoms with Crippen LogP contribution in [0.4, 0.5) is 0 Å². The van der Waals surface area contributed by atoms with Gasteiger partial charge in [0.05, 0.1) is 6.10 Å². The van der Waals surface area contributed by atoms with Crippen molar-refractivity contribution in [2.75, 3.05) is 20.1 Å². The van der Waals surface area contributed by atoms with E-state index in [0.717, 1.165) is 12.6 Å². The number of hydrogen-bond acceptors (Lipinski definition) is 3. The predicted molar refractivity (Wildman–Crippen MR) is 59.4 cm³/mol. The van der Waals surface area contributed by atoms with Gasteiger partial charge in [0.15, 0.2) is 0 Å². The summed E-state index contributed by atoms with van der Waals surface area (Å²) in [6.07, 6.45) is 3.74. The van der Waals surface area contributed by atoms with E-state index in [4.69, 9.17) is 0 Å². The molecule has 3 heteroatoms. The van der Waals surface area contributed by atoms with Crippen LogP contribution in [-0.2, 0) is 0 Å². The molecule has 0 heterocycles. The fourth-order valence-electron chi connectivity index (χ4n) is 1.75. The van der Waals surface area contributed by atoms with Gasteiger partial charge in [0, 0.05) is 25.2 Å². The van der Waals surface area contributed by atoms with Gasteiger partial charge in [-0.15, -0.1) is 0 Å². The molecule has 84 valence electrons. The summed E-state index contributed by atoms with van der Waals surface area (Å²) in [4.78, 5) is 2.29. The lowest BCUT2D eigenvalue weighted by Crippen LogP contribution is -2.44. The Morgan fingerprint density at radius 3 is 2.50 bits per heavy atom. The van der Waals surface area contributed by atoms with Crippen molar-refractivity contribution in [2.45, 2.75) is 51.3 Å². The maximum atomic E-state index is 9.73. The van der Waals surface area contributed by atoms with Gasteiger partial charge in [-0.1, -0.05) is 20.3 Å². The van der Waals surface area contributed by atoms with Crippen LogP contribution in [0, 0.1) is 0 Å². The molecular weight excluding hydrogens is 176 g/mol. The van der Waals surface area contributed by atoms with Crippen LogP contribution in [0.15, 0.2) is 0 Å². The van der Waals surface area contributed by atoms with Crippen molar-refractivity contribution < 1.29 is 5.11 Å². The lowest BCUT2D eigenvalue weighted by molar-refractivity contribution is 0.0764. The standard InChI is InChI=1S/C11H24N2O/c1-9(2)12-7-11(14)8-13(3)10-5-4-6-10/h9-12,14H,4-8H2,1-3H3. The maximum absolute atomic E-state index is 9.73. The summed E-state index contributed by atoms with van der Waals surface area (Å²) in [5.41, 5.74) is 0. The van der Waals surface area contributed by atoms with E-state index < -0.39 is 0 Å². The first-order chi connectivity index (χ1) is 6.59. The summed E-state index contributed by atoms with van der Waals surface area (Å²) in [6, 6.07) is 1.18. The first kappa shape index (κ1) is 12.0. The summed E-state index contributed by atoms with van der Waals surface area (Å²) >= 11 is 0. The van der Waals surface area contributed by atoms with Crippen molar-refractivity contribution in [2.24, 2.45) is 0 Å². The van der Waals surface area contributed by atoms with Gasteiger partial charge >= 0.3 is 0 Å². The SMILES string of the molecule is CC(C)NCC(O)CN(C)C1CCC1. The molecule has 1 rings (SSSR count). The van der Waals surface area contributed by atoms with E-state index in [9.17, 15) is 5.11 Å². The minimum Gasteiger partial charge on any atom is -0.390 e. The van der Waals surface area contributed by atoms with Crippen molar-refractivity contribution in [3.63, 3.8) is 0 Å². The van der Waals surface area contributed by atoms with Gasteiger partial charge in [-0.3, -0.25) is 0 Å². The molecule has 0 bridgehead atoms. The molecule has 0 aliphatic heterocycles. The van der Waals surface area contributed by atoms with E-state index in [1.165, 1.54) is 19.3 Å². The lowest BCUT2D eigenvalue weighted by atomic mass is 9.92. The smallest absolute Gasteiger partial charge is 0.0791 e. The molecule has 1 aliphatic rings. The molecule has 2 N–H and O–H groups in total. The summed E-state index contributed by atoms with van der Waals surface area (Å²) < 4.78 is 0. The Bertz CT molecular complexity index is 157. The summed E-state index contributed by atoms with van der Waals surface area (Å²) in [5.74, 6) is 0. The van der Waals surface area contributed by atoms with Gasteiger partial charge in [0.1, 0.15) is 0 Å². The zero-order valence-corrected chi connectivity index (χ0v) is 9.66. The normalized spacial score (nSPS) is 20.1. The van der Waals surface area contributed by atoms with Gasteiger partial charge in [-0.2, -0.15) is 0 Å². The van der Waals surface area contributed by atoms with Crippen LogP contribution in [-0.4, -0.2) is 48.3 Å².